The summed E-state index contributed by atoms with van der Waals surface area (Å²) in [5.74, 6) is 6.19. The van der Waals surface area contributed by atoms with Gasteiger partial charge >= 0.3 is 0 Å². The van der Waals surface area contributed by atoms with Gasteiger partial charge in [0.2, 0.25) is 0 Å². The number of nitrogens with one attached hydrogen (secondary N) is 1. The van der Waals surface area contributed by atoms with Gasteiger partial charge in [-0.05, 0) is 32.3 Å². The van der Waals surface area contributed by atoms with E-state index in [4.69, 9.17) is 10.6 Å². The average molecular weight is 238 g/mol. The van der Waals surface area contributed by atoms with Crippen LogP contribution in [0.1, 0.15) is 25.5 Å². The minimum Gasteiger partial charge on any atom is -0.378 e. The molecule has 96 valence electrons. The number of nitrogens with two attached hydrogens (primary N) is 1. The second-order valence-electron chi connectivity index (χ2n) is 4.79. The average Bonchev–Trinajstić information content (AvgIpc) is 2.90. The van der Waals surface area contributed by atoms with Crippen LogP contribution in [0.25, 0.3) is 0 Å². The Hall–Kier alpha value is -0.910. The summed E-state index contributed by atoms with van der Waals surface area (Å²) in [6, 6.07) is 2.38. The number of aryl methyl sites for hydroxylation is 2. The van der Waals surface area contributed by atoms with E-state index in [-0.39, 0.29) is 0 Å². The molecule has 0 bridgehead atoms. The fourth-order valence-electron chi connectivity index (χ4n) is 2.65. The molecular weight excluding hydrogens is 216 g/mol. The van der Waals surface area contributed by atoms with Gasteiger partial charge in [-0.3, -0.25) is 16.0 Å². The first-order chi connectivity index (χ1) is 8.22. The number of aromatic nitrogens is 2. The molecule has 5 nitrogen and oxygen atoms in total. The molecule has 1 aromatic heterocycles. The maximum Gasteiger partial charge on any atom is 0.0591 e. The molecule has 5 heteroatoms. The van der Waals surface area contributed by atoms with Gasteiger partial charge in [-0.15, -0.1) is 0 Å². The highest BCUT2D eigenvalue weighted by molar-refractivity contribution is 5.01. The Morgan fingerprint density at radius 2 is 2.53 bits per heavy atom. The van der Waals surface area contributed by atoms with Crippen LogP contribution >= 0.6 is 0 Å². The van der Waals surface area contributed by atoms with Crippen molar-refractivity contribution in [2.75, 3.05) is 6.61 Å². The van der Waals surface area contributed by atoms with Gasteiger partial charge in [0.25, 0.3) is 0 Å². The molecule has 1 fully saturated rings. The maximum absolute atomic E-state index is 5.66. The van der Waals surface area contributed by atoms with E-state index < -0.39 is 0 Å². The molecule has 1 saturated heterocycles. The van der Waals surface area contributed by atoms with Crippen molar-refractivity contribution in [3.05, 3.63) is 18.0 Å². The van der Waals surface area contributed by atoms with Gasteiger partial charge in [0, 0.05) is 37.5 Å². The third kappa shape index (κ3) is 2.86. The van der Waals surface area contributed by atoms with E-state index >= 15 is 0 Å². The number of hydrogen-bond acceptors (Lipinski definition) is 4. The summed E-state index contributed by atoms with van der Waals surface area (Å²) in [7, 11) is 1.97. The third-order valence-corrected chi connectivity index (χ3v) is 3.80. The molecule has 0 saturated carbocycles. The Kier molecular flexibility index (Phi) is 4.15. The van der Waals surface area contributed by atoms with Crippen LogP contribution < -0.4 is 11.3 Å². The number of nitrogens with zero attached hydrogens (tertiary/aromatic N) is 2. The summed E-state index contributed by atoms with van der Waals surface area (Å²) in [5, 5.41) is 4.17. The van der Waals surface area contributed by atoms with Crippen molar-refractivity contribution in [3.8, 4) is 0 Å². The zero-order valence-corrected chi connectivity index (χ0v) is 10.6. The Morgan fingerprint density at radius 3 is 3.06 bits per heavy atom. The lowest BCUT2D eigenvalue weighted by atomic mass is 9.90. The second-order valence-corrected chi connectivity index (χ2v) is 4.79. The Labute approximate surface area is 102 Å². The van der Waals surface area contributed by atoms with Crippen LogP contribution in [0, 0.1) is 5.92 Å². The van der Waals surface area contributed by atoms with Crippen molar-refractivity contribution in [2.24, 2.45) is 18.8 Å². The van der Waals surface area contributed by atoms with E-state index in [0.29, 0.717) is 18.1 Å². The van der Waals surface area contributed by atoms with Crippen molar-refractivity contribution < 1.29 is 4.74 Å². The van der Waals surface area contributed by atoms with Crippen LogP contribution in [0.3, 0.4) is 0 Å². The lowest BCUT2D eigenvalue weighted by Gasteiger charge is -2.25. The first-order valence-corrected chi connectivity index (χ1v) is 6.27. The minimum atomic E-state index is 0.308. The molecule has 3 atom stereocenters. The molecule has 3 N–H and O–H groups in total. The predicted octanol–water partition coefficient (Wildman–Crippen LogP) is 0.610. The molecule has 17 heavy (non-hydrogen) atoms. The van der Waals surface area contributed by atoms with E-state index in [0.717, 1.165) is 25.9 Å². The van der Waals surface area contributed by atoms with E-state index in [1.165, 1.54) is 5.69 Å². The van der Waals surface area contributed by atoms with Crippen LogP contribution in [-0.4, -0.2) is 28.5 Å². The maximum atomic E-state index is 5.66. The smallest absolute Gasteiger partial charge is 0.0591 e. The van der Waals surface area contributed by atoms with Gasteiger partial charge in [0.05, 0.1) is 6.10 Å². The molecule has 2 rings (SSSR count). The van der Waals surface area contributed by atoms with Crippen LogP contribution in [-0.2, 0) is 18.2 Å². The molecule has 0 amide bonds. The van der Waals surface area contributed by atoms with Crippen molar-refractivity contribution in [1.82, 2.24) is 15.2 Å². The first-order valence-electron chi connectivity index (χ1n) is 6.27. The quantitative estimate of drug-likeness (QED) is 0.583. The number of hydrogen-bond donors (Lipinski definition) is 2. The molecule has 1 aliphatic rings. The first kappa shape index (κ1) is 12.5. The van der Waals surface area contributed by atoms with Gasteiger partial charge in [-0.1, -0.05) is 0 Å². The standard InChI is InChI=1S/C12H22N4O/c1-9-11(6-8-17-9)12(15-13)4-3-10-5-7-14-16(10)2/h5,7,9,11-12,15H,3-4,6,8,13H2,1-2H3. The Bertz CT molecular complexity index is 352. The molecule has 0 radical (unpaired) electrons. The van der Waals surface area contributed by atoms with Crippen molar-refractivity contribution in [2.45, 2.75) is 38.3 Å². The van der Waals surface area contributed by atoms with E-state index in [1.54, 1.807) is 0 Å². The third-order valence-electron chi connectivity index (χ3n) is 3.80. The van der Waals surface area contributed by atoms with Crippen molar-refractivity contribution in [1.29, 1.82) is 0 Å². The van der Waals surface area contributed by atoms with Crippen LogP contribution in [0.5, 0.6) is 0 Å². The summed E-state index contributed by atoms with van der Waals surface area (Å²) < 4.78 is 7.51. The minimum absolute atomic E-state index is 0.308. The largest absolute Gasteiger partial charge is 0.378 e. The fourth-order valence-corrected chi connectivity index (χ4v) is 2.65. The zero-order valence-electron chi connectivity index (χ0n) is 10.6. The number of ether oxygens (including phenoxy) is 1. The highest BCUT2D eigenvalue weighted by Gasteiger charge is 2.31. The molecule has 1 aliphatic heterocycles. The summed E-state index contributed by atoms with van der Waals surface area (Å²) in [4.78, 5) is 0. The fraction of sp³-hybridized carbons (Fsp3) is 0.750. The molecule has 0 aliphatic carbocycles. The number of rotatable bonds is 5. The van der Waals surface area contributed by atoms with Crippen LogP contribution in [0.4, 0.5) is 0 Å². The van der Waals surface area contributed by atoms with Gasteiger partial charge in [0.1, 0.15) is 0 Å². The molecule has 1 aromatic rings. The monoisotopic (exact) mass is 238 g/mol. The highest BCUT2D eigenvalue weighted by atomic mass is 16.5. The zero-order chi connectivity index (χ0) is 12.3. The Balaban J connectivity index is 1.89. The topological polar surface area (TPSA) is 65.1 Å². The van der Waals surface area contributed by atoms with E-state index in [9.17, 15) is 0 Å². The molecule has 2 heterocycles. The number of hydrazine groups is 1. The predicted molar refractivity (Wildman–Crippen MR) is 66.2 cm³/mol. The normalized spacial score (nSPS) is 26.3. The lowest BCUT2D eigenvalue weighted by Crippen LogP contribution is -2.43. The lowest BCUT2D eigenvalue weighted by molar-refractivity contribution is 0.0943. The van der Waals surface area contributed by atoms with Crippen molar-refractivity contribution in [3.63, 3.8) is 0 Å². The highest BCUT2D eigenvalue weighted by Crippen LogP contribution is 2.25. The van der Waals surface area contributed by atoms with Crippen LogP contribution in [0.15, 0.2) is 12.3 Å². The van der Waals surface area contributed by atoms with Gasteiger partial charge < -0.3 is 4.74 Å². The summed E-state index contributed by atoms with van der Waals surface area (Å²) in [5.41, 5.74) is 4.19. The molecule has 0 spiro atoms. The SMILES string of the molecule is CC1OCCC1C(CCc1ccnn1C)NN. The Morgan fingerprint density at radius 1 is 1.71 bits per heavy atom. The van der Waals surface area contributed by atoms with E-state index in [1.807, 2.05) is 17.9 Å². The van der Waals surface area contributed by atoms with Crippen LogP contribution in [0.2, 0.25) is 0 Å². The molecular formula is C12H22N4O. The second kappa shape index (κ2) is 5.62. The van der Waals surface area contributed by atoms with Gasteiger partial charge in [0.15, 0.2) is 0 Å². The molecule has 3 unspecified atom stereocenters. The molecule has 0 aromatic carbocycles. The summed E-state index contributed by atoms with van der Waals surface area (Å²) in [6.45, 7) is 2.99. The van der Waals surface area contributed by atoms with Gasteiger partial charge in [-0.2, -0.15) is 5.10 Å². The summed E-state index contributed by atoms with van der Waals surface area (Å²) >= 11 is 0. The van der Waals surface area contributed by atoms with Crippen molar-refractivity contribution >= 4 is 0 Å². The van der Waals surface area contributed by atoms with E-state index in [2.05, 4.69) is 23.5 Å². The van der Waals surface area contributed by atoms with Gasteiger partial charge in [-0.25, -0.2) is 0 Å². The summed E-state index contributed by atoms with van der Waals surface area (Å²) in [6.07, 6.45) is 5.26.